The molecule has 0 bridgehead atoms. The van der Waals surface area contributed by atoms with Gasteiger partial charge in [-0.2, -0.15) is 0 Å². The molecule has 2 aromatic rings. The van der Waals surface area contributed by atoms with Crippen LogP contribution in [0.2, 0.25) is 0 Å². The van der Waals surface area contributed by atoms with Gasteiger partial charge < -0.3 is 35.4 Å². The molecule has 11 nitrogen and oxygen atoms in total. The standard InChI is InChI=1S/C23H29NO4.C19H23NO5.FH/c1-14-9-10-18(25)21-19(27-23(4,5)28-21)8-6-7-17-12-15(2)11-16(3)20(17)22(26)24-13-14;1-11-6-7-15(22)18(24)14(21)5-3-4-13-8-12(2)9-16(23)17(13)19(25)20-10-11;/h6-7,9-12,14,19,21H,8,13H2,1-5H3,(H,24,26);3-4,6-9,11,14,18,21,23-24H,5,10H2,1-2H3,(H,20,25);1H/b7-6+,10-9-;4-3+,7-6-;/t14-,19+,21?;11-,14+,18?;/m11./s1. The topological polar surface area (TPSA) is 171 Å². The van der Waals surface area contributed by atoms with Crippen LogP contribution < -0.4 is 10.6 Å². The maximum atomic E-state index is 12.8. The molecule has 6 atom stereocenters. The SMILES string of the molecule is Cc1cc(C)c2c(c1)/C=C/C[C@@H]1OC(C)(C)OC1C(=O)/C=C\[C@@H](C)CNC2=O.Cc1cc(O)c2c(c1)/C=C/C[C@H](O)C(O)C(=O)/C=C\[C@@H](C)CNC2=O.F. The number of amides is 2. The van der Waals surface area contributed by atoms with E-state index in [0.717, 1.165) is 22.3 Å². The molecular weight excluding hydrogens is 695 g/mol. The molecule has 12 heteroatoms. The van der Waals surface area contributed by atoms with Crippen LogP contribution in [0.5, 0.6) is 5.75 Å². The molecule has 3 heterocycles. The fourth-order valence-electron chi connectivity index (χ4n) is 6.38. The van der Waals surface area contributed by atoms with Crippen LogP contribution in [0.4, 0.5) is 4.70 Å². The van der Waals surface area contributed by atoms with Gasteiger partial charge in [-0.15, -0.1) is 0 Å². The van der Waals surface area contributed by atoms with Gasteiger partial charge in [-0.1, -0.05) is 74.1 Å². The number of rotatable bonds is 0. The zero-order valence-corrected chi connectivity index (χ0v) is 31.9. The lowest BCUT2D eigenvalue weighted by Crippen LogP contribution is -2.33. The van der Waals surface area contributed by atoms with E-state index in [-0.39, 0.29) is 58.6 Å². The van der Waals surface area contributed by atoms with Crippen molar-refractivity contribution in [3.8, 4) is 5.75 Å². The molecule has 0 aliphatic carbocycles. The van der Waals surface area contributed by atoms with Gasteiger partial charge in [-0.25, -0.2) is 0 Å². The van der Waals surface area contributed by atoms with Gasteiger partial charge in [0.05, 0.1) is 17.8 Å². The number of benzene rings is 2. The largest absolute Gasteiger partial charge is 0.507 e. The van der Waals surface area contributed by atoms with E-state index in [1.807, 2.05) is 65.0 Å². The third-order valence-electron chi connectivity index (χ3n) is 9.06. The van der Waals surface area contributed by atoms with Crippen LogP contribution in [0.25, 0.3) is 12.2 Å². The number of hydrogen-bond acceptors (Lipinski definition) is 9. The molecule has 54 heavy (non-hydrogen) atoms. The number of halogens is 1. The number of phenols is 1. The quantitative estimate of drug-likeness (QED) is 0.243. The van der Waals surface area contributed by atoms with Gasteiger partial charge in [0.15, 0.2) is 17.4 Å². The van der Waals surface area contributed by atoms with Crippen molar-refractivity contribution in [1.29, 1.82) is 0 Å². The van der Waals surface area contributed by atoms with E-state index < -0.39 is 35.8 Å². The van der Waals surface area contributed by atoms with Crippen LogP contribution >= 0.6 is 0 Å². The highest BCUT2D eigenvalue weighted by molar-refractivity contribution is 6.01. The Kier molecular flexibility index (Phi) is 15.4. The fraction of sp³-hybridized carbons (Fsp3) is 0.429. The van der Waals surface area contributed by atoms with Crippen LogP contribution in [0.1, 0.15) is 89.1 Å². The number of phenolic OH excluding ortho intramolecular Hbond substituents is 1. The molecule has 1 fully saturated rings. The summed E-state index contributed by atoms with van der Waals surface area (Å²) in [5, 5.41) is 35.7. The molecule has 292 valence electrons. The van der Waals surface area contributed by atoms with E-state index in [1.54, 1.807) is 44.2 Å². The second kappa shape index (κ2) is 19.0. The van der Waals surface area contributed by atoms with Crippen LogP contribution in [0, 0.1) is 32.6 Å². The van der Waals surface area contributed by atoms with Crippen LogP contribution in [-0.2, 0) is 19.1 Å². The van der Waals surface area contributed by atoms with E-state index in [2.05, 4.69) is 10.6 Å². The van der Waals surface area contributed by atoms with Gasteiger partial charge in [0.25, 0.3) is 11.8 Å². The second-order valence-electron chi connectivity index (χ2n) is 14.6. The molecule has 2 aromatic carbocycles. The predicted molar refractivity (Wildman–Crippen MR) is 206 cm³/mol. The van der Waals surface area contributed by atoms with Crippen LogP contribution in [0.3, 0.4) is 0 Å². The first-order valence-corrected chi connectivity index (χ1v) is 18.0. The van der Waals surface area contributed by atoms with Crippen molar-refractivity contribution < 1.29 is 48.7 Å². The Balaban J connectivity index is 0.000000287. The normalized spacial score (nSPS) is 28.4. The molecule has 0 saturated carbocycles. The summed E-state index contributed by atoms with van der Waals surface area (Å²) in [5.41, 5.74) is 5.04. The lowest BCUT2D eigenvalue weighted by Gasteiger charge is -2.16. The Morgan fingerprint density at radius 2 is 1.22 bits per heavy atom. The van der Waals surface area contributed by atoms with Crippen molar-refractivity contribution in [2.45, 2.75) is 91.5 Å². The molecule has 3 aliphatic rings. The summed E-state index contributed by atoms with van der Waals surface area (Å²) >= 11 is 0. The maximum Gasteiger partial charge on any atom is 0.255 e. The van der Waals surface area contributed by atoms with Gasteiger partial charge >= 0.3 is 0 Å². The second-order valence-corrected chi connectivity index (χ2v) is 14.6. The number of aliphatic hydroxyl groups is 2. The Morgan fingerprint density at radius 1 is 0.704 bits per heavy atom. The fourth-order valence-corrected chi connectivity index (χ4v) is 6.38. The Labute approximate surface area is 316 Å². The van der Waals surface area contributed by atoms with E-state index in [1.165, 1.54) is 12.1 Å². The highest BCUT2D eigenvalue weighted by Crippen LogP contribution is 2.32. The molecule has 1 saturated heterocycles. The number of fused-ring (bicyclic) bond motifs is 3. The monoisotopic (exact) mass is 748 g/mol. The molecule has 2 amide bonds. The molecular formula is C42H53FN2O9. The summed E-state index contributed by atoms with van der Waals surface area (Å²) in [6, 6.07) is 7.28. The van der Waals surface area contributed by atoms with E-state index >= 15 is 0 Å². The summed E-state index contributed by atoms with van der Waals surface area (Å²) in [7, 11) is 0. The van der Waals surface area contributed by atoms with Crippen molar-refractivity contribution in [3.63, 3.8) is 0 Å². The number of ether oxygens (including phenoxy) is 2. The summed E-state index contributed by atoms with van der Waals surface area (Å²) < 4.78 is 11.8. The number of carbonyl (C=O) groups excluding carboxylic acids is 4. The van der Waals surface area contributed by atoms with Gasteiger partial charge in [-0.3, -0.25) is 23.9 Å². The zero-order chi connectivity index (χ0) is 39.0. The smallest absolute Gasteiger partial charge is 0.255 e. The predicted octanol–water partition coefficient (Wildman–Crippen LogP) is 5.21. The number of hydrogen-bond donors (Lipinski definition) is 5. The molecule has 5 rings (SSSR count). The first-order chi connectivity index (χ1) is 25.0. The minimum absolute atomic E-state index is 0. The lowest BCUT2D eigenvalue weighted by atomic mass is 9.96. The third kappa shape index (κ3) is 11.6. The molecule has 0 spiro atoms. The summed E-state index contributed by atoms with van der Waals surface area (Å²) in [4.78, 5) is 49.8. The third-order valence-corrected chi connectivity index (χ3v) is 9.06. The first-order valence-electron chi connectivity index (χ1n) is 18.0. The van der Waals surface area contributed by atoms with Crippen molar-refractivity contribution >= 4 is 35.5 Å². The van der Waals surface area contributed by atoms with Gasteiger partial charge in [0, 0.05) is 18.7 Å². The van der Waals surface area contributed by atoms with E-state index in [4.69, 9.17) is 9.47 Å². The average Bonchev–Trinajstić information content (AvgIpc) is 3.40. The summed E-state index contributed by atoms with van der Waals surface area (Å²) in [6.07, 6.45) is 10.0. The Morgan fingerprint density at radius 3 is 1.83 bits per heavy atom. The highest BCUT2D eigenvalue weighted by Gasteiger charge is 2.43. The van der Waals surface area contributed by atoms with Crippen LogP contribution in [-0.4, -0.2) is 82.0 Å². The maximum absolute atomic E-state index is 12.8. The number of aryl methyl sites for hydroxylation is 3. The van der Waals surface area contributed by atoms with E-state index in [9.17, 15) is 34.5 Å². The van der Waals surface area contributed by atoms with Crippen molar-refractivity contribution in [3.05, 3.63) is 99.7 Å². The molecule has 5 N–H and O–H groups in total. The van der Waals surface area contributed by atoms with Gasteiger partial charge in [0.1, 0.15) is 18.0 Å². The van der Waals surface area contributed by atoms with Crippen molar-refractivity contribution in [1.82, 2.24) is 10.6 Å². The van der Waals surface area contributed by atoms with Crippen LogP contribution in [0.15, 0.2) is 60.7 Å². The van der Waals surface area contributed by atoms with Crippen molar-refractivity contribution in [2.24, 2.45) is 11.8 Å². The number of carbonyl (C=O) groups is 4. The van der Waals surface area contributed by atoms with Gasteiger partial charge in [0.2, 0.25) is 0 Å². The number of nitrogens with one attached hydrogen (secondary N) is 2. The first kappa shape index (κ1) is 43.7. The minimum Gasteiger partial charge on any atom is -0.507 e. The summed E-state index contributed by atoms with van der Waals surface area (Å²) in [5.74, 6) is -2.25. The average molecular weight is 749 g/mol. The molecule has 0 radical (unpaired) electrons. The minimum atomic E-state index is -1.50. The Bertz CT molecular complexity index is 1830. The number of aliphatic hydroxyl groups excluding tert-OH is 2. The Hall–Kier alpha value is -4.75. The number of aromatic hydroxyl groups is 1. The highest BCUT2D eigenvalue weighted by atomic mass is 19.0. The lowest BCUT2D eigenvalue weighted by molar-refractivity contribution is -0.152. The summed E-state index contributed by atoms with van der Waals surface area (Å²) in [6.45, 7) is 13.9. The molecule has 0 aromatic heterocycles. The zero-order valence-electron chi connectivity index (χ0n) is 31.9. The number of ketones is 2. The van der Waals surface area contributed by atoms with E-state index in [0.29, 0.717) is 24.1 Å². The van der Waals surface area contributed by atoms with Crippen molar-refractivity contribution in [2.75, 3.05) is 13.1 Å². The van der Waals surface area contributed by atoms with Gasteiger partial charge in [-0.05, 0) is 99.8 Å². The molecule has 2 unspecified atom stereocenters. The molecule has 3 aliphatic heterocycles.